The minimum absolute atomic E-state index is 0.0657. The Morgan fingerprint density at radius 3 is 2.52 bits per heavy atom. The fourth-order valence-electron chi connectivity index (χ4n) is 2.24. The molecule has 0 fully saturated rings. The van der Waals surface area contributed by atoms with E-state index >= 15 is 0 Å². The third-order valence-electron chi connectivity index (χ3n) is 3.57. The second-order valence-electron chi connectivity index (χ2n) is 5.26. The van der Waals surface area contributed by atoms with Crippen molar-refractivity contribution in [1.29, 1.82) is 0 Å². The monoisotopic (exact) mass is 399 g/mol. The summed E-state index contributed by atoms with van der Waals surface area (Å²) in [7, 11) is 1.50. The molecule has 0 bridgehead atoms. The number of thiazole rings is 1. The highest BCUT2D eigenvalue weighted by molar-refractivity contribution is 7.22. The molecule has 7 nitrogen and oxygen atoms in total. The molecule has 0 aliphatic heterocycles. The Morgan fingerprint density at radius 2 is 1.96 bits per heavy atom. The van der Waals surface area contributed by atoms with E-state index in [0.29, 0.717) is 10.4 Å². The van der Waals surface area contributed by atoms with Gasteiger partial charge in [0.1, 0.15) is 17.0 Å². The highest BCUT2D eigenvalue weighted by Crippen LogP contribution is 2.36. The van der Waals surface area contributed by atoms with Crippen LogP contribution < -0.4 is 4.90 Å². The lowest BCUT2D eigenvalue weighted by atomic mass is 10.2. The molecular weight excluding hydrogens is 389 g/mol. The molecular formula is C15H11Cl2N3O4S. The normalized spacial score (nSPS) is 11.0. The molecule has 0 saturated heterocycles. The third kappa shape index (κ3) is 2.92. The van der Waals surface area contributed by atoms with E-state index in [1.54, 1.807) is 6.92 Å². The van der Waals surface area contributed by atoms with Crippen molar-refractivity contribution in [2.75, 3.05) is 11.9 Å². The number of carbonyl (C=O) groups is 2. The van der Waals surface area contributed by atoms with E-state index in [-0.39, 0.29) is 37.7 Å². The van der Waals surface area contributed by atoms with E-state index in [1.807, 2.05) is 0 Å². The van der Waals surface area contributed by atoms with Crippen LogP contribution in [0.3, 0.4) is 0 Å². The molecule has 10 heteroatoms. The van der Waals surface area contributed by atoms with Crippen LogP contribution in [-0.2, 0) is 0 Å². The van der Waals surface area contributed by atoms with Gasteiger partial charge in [-0.2, -0.15) is 0 Å². The molecule has 0 atom stereocenters. The van der Waals surface area contributed by atoms with Gasteiger partial charge in [0.15, 0.2) is 5.13 Å². The highest BCUT2D eigenvalue weighted by Gasteiger charge is 2.24. The number of aryl methyl sites for hydroxylation is 1. The maximum Gasteiger partial charge on any atom is 0.335 e. The number of halogens is 2. The van der Waals surface area contributed by atoms with Gasteiger partial charge in [-0.1, -0.05) is 34.5 Å². The Morgan fingerprint density at radius 1 is 1.28 bits per heavy atom. The summed E-state index contributed by atoms with van der Waals surface area (Å²) in [6.07, 6.45) is 0. The first kappa shape index (κ1) is 17.5. The number of carbonyl (C=O) groups excluding carboxylic acids is 1. The van der Waals surface area contributed by atoms with Crippen molar-refractivity contribution in [3.8, 4) is 5.75 Å². The zero-order valence-electron chi connectivity index (χ0n) is 12.9. The Bertz CT molecular complexity index is 1030. The molecule has 25 heavy (non-hydrogen) atoms. The van der Waals surface area contributed by atoms with Gasteiger partial charge in [0, 0.05) is 12.7 Å². The van der Waals surface area contributed by atoms with Crippen molar-refractivity contribution in [1.82, 2.24) is 9.97 Å². The lowest BCUT2D eigenvalue weighted by Crippen LogP contribution is -2.26. The number of hydrogen-bond acceptors (Lipinski definition) is 5. The summed E-state index contributed by atoms with van der Waals surface area (Å²) in [6.45, 7) is 1.69. The van der Waals surface area contributed by atoms with E-state index in [4.69, 9.17) is 28.3 Å². The van der Waals surface area contributed by atoms with E-state index in [0.717, 1.165) is 17.4 Å². The van der Waals surface area contributed by atoms with Crippen LogP contribution in [0, 0.1) is 6.92 Å². The summed E-state index contributed by atoms with van der Waals surface area (Å²) >= 11 is 13.1. The second kappa shape index (κ2) is 6.21. The van der Waals surface area contributed by atoms with Crippen LogP contribution in [0.15, 0.2) is 12.1 Å². The van der Waals surface area contributed by atoms with Crippen LogP contribution in [0.4, 0.5) is 5.13 Å². The number of fused-ring (bicyclic) bond motifs is 1. The number of anilines is 1. The van der Waals surface area contributed by atoms with E-state index in [2.05, 4.69) is 9.97 Å². The van der Waals surface area contributed by atoms with Gasteiger partial charge in [-0.05, 0) is 19.1 Å². The molecule has 2 aromatic heterocycles. The SMILES string of the molecule is Cc1[nH]c(C(=O)N(C)c2nc3c(O)cc(C(=O)O)cc3s2)c(Cl)c1Cl. The Hall–Kier alpha value is -2.29. The Labute approximate surface area is 155 Å². The van der Waals surface area contributed by atoms with Crippen LogP contribution in [0.1, 0.15) is 26.5 Å². The molecule has 2 heterocycles. The van der Waals surface area contributed by atoms with E-state index in [1.165, 1.54) is 18.0 Å². The Balaban J connectivity index is 2.03. The first-order chi connectivity index (χ1) is 11.7. The number of nitrogens with zero attached hydrogens (tertiary/aromatic N) is 2. The summed E-state index contributed by atoms with van der Waals surface area (Å²) < 4.78 is 0.443. The van der Waals surface area contributed by atoms with Gasteiger partial charge in [0.05, 0.1) is 20.3 Å². The molecule has 0 saturated carbocycles. The zero-order chi connectivity index (χ0) is 18.5. The number of rotatable bonds is 3. The number of aromatic carboxylic acids is 1. The van der Waals surface area contributed by atoms with Crippen molar-refractivity contribution in [2.24, 2.45) is 0 Å². The van der Waals surface area contributed by atoms with Crippen molar-refractivity contribution in [3.63, 3.8) is 0 Å². The average Bonchev–Trinajstić information content (AvgIpc) is 3.10. The lowest BCUT2D eigenvalue weighted by Gasteiger charge is -2.12. The largest absolute Gasteiger partial charge is 0.506 e. The zero-order valence-corrected chi connectivity index (χ0v) is 15.3. The molecule has 3 aromatic rings. The number of aromatic nitrogens is 2. The van der Waals surface area contributed by atoms with Gasteiger partial charge in [-0.15, -0.1) is 0 Å². The van der Waals surface area contributed by atoms with Crippen LogP contribution in [0.2, 0.25) is 10.0 Å². The molecule has 0 aliphatic carbocycles. The third-order valence-corrected chi connectivity index (χ3v) is 5.60. The number of phenols is 1. The first-order valence-electron chi connectivity index (χ1n) is 6.89. The molecule has 0 unspecified atom stereocenters. The number of amides is 1. The van der Waals surface area contributed by atoms with Gasteiger partial charge >= 0.3 is 5.97 Å². The minimum Gasteiger partial charge on any atom is -0.506 e. The fourth-order valence-corrected chi connectivity index (χ4v) is 3.64. The Kier molecular flexibility index (Phi) is 4.36. The number of phenolic OH excluding ortho intramolecular Hbond substituents is 1. The molecule has 1 aromatic carbocycles. The van der Waals surface area contributed by atoms with Crippen LogP contribution in [0.5, 0.6) is 5.75 Å². The molecule has 3 rings (SSSR count). The number of carboxylic acid groups (broad SMARTS) is 1. The molecule has 3 N–H and O–H groups in total. The number of hydrogen-bond donors (Lipinski definition) is 3. The number of carboxylic acids is 1. The lowest BCUT2D eigenvalue weighted by molar-refractivity contribution is 0.0696. The van der Waals surface area contributed by atoms with Crippen molar-refractivity contribution in [2.45, 2.75) is 6.92 Å². The summed E-state index contributed by atoms with van der Waals surface area (Å²) in [5.74, 6) is -1.90. The van der Waals surface area contributed by atoms with Crippen LogP contribution in [-0.4, -0.2) is 39.1 Å². The number of nitrogens with one attached hydrogen (secondary N) is 1. The molecule has 130 valence electrons. The standard InChI is InChI=1S/C15H11Cl2N3O4S/c1-5-9(16)10(17)12(18-5)13(22)20(2)15-19-11-7(21)3-6(14(23)24)4-8(11)25-15/h3-4,18,21H,1-2H3,(H,23,24). The molecule has 0 aliphatic rings. The highest BCUT2D eigenvalue weighted by atomic mass is 35.5. The van der Waals surface area contributed by atoms with Gasteiger partial charge in [0.2, 0.25) is 0 Å². The van der Waals surface area contributed by atoms with Gasteiger partial charge in [-0.3, -0.25) is 9.69 Å². The number of aromatic amines is 1. The average molecular weight is 400 g/mol. The van der Waals surface area contributed by atoms with E-state index in [9.17, 15) is 14.7 Å². The van der Waals surface area contributed by atoms with Gasteiger partial charge in [-0.25, -0.2) is 9.78 Å². The summed E-state index contributed by atoms with van der Waals surface area (Å²) in [6, 6.07) is 2.50. The fraction of sp³-hybridized carbons (Fsp3) is 0.133. The molecule has 0 radical (unpaired) electrons. The predicted molar refractivity (Wildman–Crippen MR) is 96.5 cm³/mol. The predicted octanol–water partition coefficient (Wildman–Crippen LogP) is 3.92. The molecule has 0 spiro atoms. The summed E-state index contributed by atoms with van der Waals surface area (Å²) in [5.41, 5.74) is 0.846. The number of aromatic hydroxyl groups is 1. The summed E-state index contributed by atoms with van der Waals surface area (Å²) in [5, 5.41) is 19.7. The van der Waals surface area contributed by atoms with Crippen LogP contribution in [0.25, 0.3) is 10.2 Å². The summed E-state index contributed by atoms with van der Waals surface area (Å²) in [4.78, 5) is 32.0. The second-order valence-corrected chi connectivity index (χ2v) is 7.03. The van der Waals surface area contributed by atoms with Gasteiger partial charge in [0.25, 0.3) is 5.91 Å². The maximum atomic E-state index is 12.6. The first-order valence-corrected chi connectivity index (χ1v) is 8.46. The number of benzene rings is 1. The van der Waals surface area contributed by atoms with Crippen molar-refractivity contribution >= 4 is 61.8 Å². The van der Waals surface area contributed by atoms with Crippen LogP contribution >= 0.6 is 34.5 Å². The topological polar surface area (TPSA) is 107 Å². The minimum atomic E-state index is -1.17. The maximum absolute atomic E-state index is 12.6. The van der Waals surface area contributed by atoms with Crippen molar-refractivity contribution in [3.05, 3.63) is 39.1 Å². The molecule has 1 amide bonds. The van der Waals surface area contributed by atoms with Gasteiger partial charge < -0.3 is 15.2 Å². The smallest absolute Gasteiger partial charge is 0.335 e. The quantitative estimate of drug-likeness (QED) is 0.618. The van der Waals surface area contributed by atoms with Crippen molar-refractivity contribution < 1.29 is 19.8 Å². The van der Waals surface area contributed by atoms with E-state index < -0.39 is 11.9 Å². The number of H-pyrrole nitrogens is 1.